The van der Waals surface area contributed by atoms with Gasteiger partial charge in [0.2, 0.25) is 0 Å². The largest absolute Gasteiger partial charge is 0.416 e. The highest BCUT2D eigenvalue weighted by molar-refractivity contribution is 6.77. The lowest BCUT2D eigenvalue weighted by molar-refractivity contribution is 0.206. The van der Waals surface area contributed by atoms with Crippen LogP contribution < -0.4 is 0 Å². The van der Waals surface area contributed by atoms with Gasteiger partial charge < -0.3 is 4.43 Å². The number of rotatable bonds is 9. The van der Waals surface area contributed by atoms with E-state index in [1.54, 1.807) is 6.07 Å². The first-order valence-electron chi connectivity index (χ1n) is 11.2. The van der Waals surface area contributed by atoms with Crippen LogP contribution in [-0.4, -0.2) is 47.5 Å². The molecule has 0 aliphatic carbocycles. The molecule has 0 amide bonds. The maximum absolute atomic E-state index is 13.7. The van der Waals surface area contributed by atoms with Crippen molar-refractivity contribution in [2.45, 2.75) is 83.5 Å². The summed E-state index contributed by atoms with van der Waals surface area (Å²) in [6.07, 6.45) is 4.69. The molecule has 1 fully saturated rings. The van der Waals surface area contributed by atoms with Gasteiger partial charge >= 0.3 is 0 Å². The molecule has 0 aromatic carbocycles. The summed E-state index contributed by atoms with van der Waals surface area (Å²) in [7, 11) is -1.80. The minimum absolute atomic E-state index is 0.203. The van der Waals surface area contributed by atoms with Crippen LogP contribution in [0.15, 0.2) is 18.3 Å². The molecule has 1 aliphatic rings. The van der Waals surface area contributed by atoms with E-state index < -0.39 is 8.32 Å². The standard InChI is InChI=1S/C22H37FN4OSi/c1-16(2)29(17(3)4,18(5)6)28-14-8-13-26-12-7-9-20(26)22-25-24-21-11-10-19(23)15-27(21)22/h10-11,15-18,20H,7-9,12-14H2,1-6H3. The lowest BCUT2D eigenvalue weighted by Crippen LogP contribution is -2.48. The minimum Gasteiger partial charge on any atom is -0.416 e. The molecular formula is C22H37FN4OSi. The topological polar surface area (TPSA) is 42.7 Å². The normalized spacial score (nSPS) is 18.8. The first-order chi connectivity index (χ1) is 13.8. The number of pyridine rings is 1. The smallest absolute Gasteiger partial charge is 0.200 e. The predicted molar refractivity (Wildman–Crippen MR) is 118 cm³/mol. The lowest BCUT2D eigenvalue weighted by Gasteiger charge is -2.42. The van der Waals surface area contributed by atoms with Gasteiger partial charge in [-0.1, -0.05) is 41.5 Å². The Morgan fingerprint density at radius 1 is 1.10 bits per heavy atom. The van der Waals surface area contributed by atoms with Gasteiger partial charge in [0.05, 0.1) is 6.04 Å². The number of nitrogens with zero attached hydrogens (tertiary/aromatic N) is 4. The van der Waals surface area contributed by atoms with E-state index in [2.05, 4.69) is 56.6 Å². The Morgan fingerprint density at radius 3 is 2.45 bits per heavy atom. The Bertz CT molecular complexity index is 785. The minimum atomic E-state index is -1.80. The van der Waals surface area contributed by atoms with Crippen molar-refractivity contribution >= 4 is 14.0 Å². The van der Waals surface area contributed by atoms with Crippen molar-refractivity contribution in [1.82, 2.24) is 19.5 Å². The zero-order valence-electron chi connectivity index (χ0n) is 18.9. The van der Waals surface area contributed by atoms with Crippen LogP contribution in [0.2, 0.25) is 16.6 Å². The Morgan fingerprint density at radius 2 is 1.79 bits per heavy atom. The predicted octanol–water partition coefficient (Wildman–Crippen LogP) is 5.59. The fourth-order valence-electron chi connectivity index (χ4n) is 5.51. The molecule has 0 spiro atoms. The van der Waals surface area contributed by atoms with Crippen molar-refractivity contribution in [2.75, 3.05) is 19.7 Å². The number of likely N-dealkylation sites (tertiary alicyclic amines) is 1. The fraction of sp³-hybridized carbons (Fsp3) is 0.727. The molecule has 1 unspecified atom stereocenters. The maximum Gasteiger partial charge on any atom is 0.200 e. The zero-order valence-corrected chi connectivity index (χ0v) is 19.9. The molecule has 5 nitrogen and oxygen atoms in total. The molecule has 162 valence electrons. The second kappa shape index (κ2) is 9.23. The van der Waals surface area contributed by atoms with Crippen molar-refractivity contribution in [3.8, 4) is 0 Å². The quantitative estimate of drug-likeness (QED) is 0.392. The Hall–Kier alpha value is -1.31. The first-order valence-corrected chi connectivity index (χ1v) is 13.3. The highest BCUT2D eigenvalue weighted by Crippen LogP contribution is 2.42. The summed E-state index contributed by atoms with van der Waals surface area (Å²) in [5.74, 6) is 0.599. The number of hydrogen-bond donors (Lipinski definition) is 0. The van der Waals surface area contributed by atoms with Crippen molar-refractivity contribution < 1.29 is 8.82 Å². The summed E-state index contributed by atoms with van der Waals surface area (Å²) in [4.78, 5) is 2.47. The van der Waals surface area contributed by atoms with E-state index in [9.17, 15) is 4.39 Å². The molecule has 3 heterocycles. The molecule has 2 aromatic rings. The number of hydrogen-bond acceptors (Lipinski definition) is 4. The molecule has 0 bridgehead atoms. The van der Waals surface area contributed by atoms with Gasteiger partial charge in [-0.25, -0.2) is 4.39 Å². The molecule has 1 saturated heterocycles. The number of fused-ring (bicyclic) bond motifs is 1. The van der Waals surface area contributed by atoms with Gasteiger partial charge in [-0.15, -0.1) is 10.2 Å². The summed E-state index contributed by atoms with van der Waals surface area (Å²) in [5.41, 5.74) is 2.54. The Labute approximate surface area is 175 Å². The monoisotopic (exact) mass is 420 g/mol. The number of aromatic nitrogens is 3. The highest BCUT2D eigenvalue weighted by Gasteiger charge is 2.44. The van der Waals surface area contributed by atoms with Gasteiger partial charge in [-0.3, -0.25) is 9.30 Å². The molecule has 7 heteroatoms. The fourth-order valence-corrected chi connectivity index (χ4v) is 11.0. The van der Waals surface area contributed by atoms with E-state index in [1.165, 1.54) is 12.3 Å². The maximum atomic E-state index is 13.7. The molecule has 2 aromatic heterocycles. The molecule has 3 rings (SSSR count). The van der Waals surface area contributed by atoms with Gasteiger partial charge in [-0.2, -0.15) is 0 Å². The summed E-state index contributed by atoms with van der Waals surface area (Å²) < 4.78 is 22.3. The van der Waals surface area contributed by atoms with Crippen LogP contribution in [0.4, 0.5) is 4.39 Å². The van der Waals surface area contributed by atoms with E-state index in [0.29, 0.717) is 22.3 Å². The van der Waals surface area contributed by atoms with Crippen molar-refractivity contribution in [3.63, 3.8) is 0 Å². The second-order valence-corrected chi connectivity index (χ2v) is 14.8. The summed E-state index contributed by atoms with van der Waals surface area (Å²) in [6, 6.07) is 3.33. The molecule has 0 N–H and O–H groups in total. The molecule has 0 radical (unpaired) electrons. The van der Waals surface area contributed by atoms with Gasteiger partial charge in [0.25, 0.3) is 0 Å². The molecule has 1 atom stereocenters. The van der Waals surface area contributed by atoms with E-state index in [0.717, 1.165) is 44.8 Å². The Kier molecular flexibility index (Phi) is 7.12. The Balaban J connectivity index is 1.64. The van der Waals surface area contributed by atoms with Gasteiger partial charge in [0, 0.05) is 19.3 Å². The van der Waals surface area contributed by atoms with E-state index in [-0.39, 0.29) is 11.9 Å². The van der Waals surface area contributed by atoms with Gasteiger partial charge in [0.15, 0.2) is 19.8 Å². The molecule has 0 saturated carbocycles. The second-order valence-electron chi connectivity index (χ2n) is 9.35. The third-order valence-corrected chi connectivity index (χ3v) is 12.8. The van der Waals surface area contributed by atoms with Gasteiger partial charge in [0.1, 0.15) is 5.82 Å². The molecule has 1 aliphatic heterocycles. The number of halogens is 1. The van der Waals surface area contributed by atoms with Crippen LogP contribution in [0.1, 0.15) is 72.7 Å². The molecular weight excluding hydrogens is 383 g/mol. The van der Waals surface area contributed by atoms with Crippen molar-refractivity contribution in [3.05, 3.63) is 30.0 Å². The summed E-state index contributed by atoms with van der Waals surface area (Å²) in [6.45, 7) is 16.8. The SMILES string of the molecule is CC(C)[Si](OCCCN1CCCC1c1nnc2ccc(F)cn12)(C(C)C)C(C)C. The van der Waals surface area contributed by atoms with Crippen LogP contribution in [0.3, 0.4) is 0 Å². The van der Waals surface area contributed by atoms with Crippen LogP contribution in [0, 0.1) is 5.82 Å². The van der Waals surface area contributed by atoms with Crippen LogP contribution in [0.5, 0.6) is 0 Å². The van der Waals surface area contributed by atoms with Crippen LogP contribution in [0.25, 0.3) is 5.65 Å². The van der Waals surface area contributed by atoms with E-state index in [4.69, 9.17) is 4.43 Å². The third-order valence-electron chi connectivity index (χ3n) is 6.70. The lowest BCUT2D eigenvalue weighted by atomic mass is 10.2. The van der Waals surface area contributed by atoms with Gasteiger partial charge in [-0.05, 0) is 54.6 Å². The third kappa shape index (κ3) is 4.42. The zero-order chi connectivity index (χ0) is 21.2. The summed E-state index contributed by atoms with van der Waals surface area (Å²) >= 11 is 0. The first kappa shape index (κ1) is 22.4. The summed E-state index contributed by atoms with van der Waals surface area (Å²) in [5, 5.41) is 8.61. The van der Waals surface area contributed by atoms with Crippen molar-refractivity contribution in [2.24, 2.45) is 0 Å². The van der Waals surface area contributed by atoms with E-state index in [1.807, 2.05) is 4.40 Å². The van der Waals surface area contributed by atoms with Crippen LogP contribution >= 0.6 is 0 Å². The van der Waals surface area contributed by atoms with Crippen LogP contribution in [-0.2, 0) is 4.43 Å². The molecule has 29 heavy (non-hydrogen) atoms. The van der Waals surface area contributed by atoms with Crippen molar-refractivity contribution in [1.29, 1.82) is 0 Å². The highest BCUT2D eigenvalue weighted by atomic mass is 28.4. The average Bonchev–Trinajstić information content (AvgIpc) is 3.26. The van der Waals surface area contributed by atoms with E-state index >= 15 is 0 Å². The average molecular weight is 421 g/mol.